The first kappa shape index (κ1) is 22.3. The topological polar surface area (TPSA) is 68.1 Å². The number of hydrogen-bond donors (Lipinski definition) is 0. The Morgan fingerprint density at radius 3 is 2.06 bits per heavy atom. The highest BCUT2D eigenvalue weighted by atomic mass is 16.7. The van der Waals surface area contributed by atoms with E-state index in [9.17, 15) is 9.59 Å². The molecule has 166 valence electrons. The van der Waals surface area contributed by atoms with Crippen molar-refractivity contribution in [3.8, 4) is 11.1 Å². The van der Waals surface area contributed by atoms with Gasteiger partial charge in [0.2, 0.25) is 5.78 Å². The van der Waals surface area contributed by atoms with E-state index >= 15 is 0 Å². The van der Waals surface area contributed by atoms with Crippen molar-refractivity contribution in [3.63, 3.8) is 0 Å². The van der Waals surface area contributed by atoms with Crippen LogP contribution in [0.2, 0.25) is 0 Å². The van der Waals surface area contributed by atoms with Gasteiger partial charge in [-0.3, -0.25) is 4.79 Å². The largest absolute Gasteiger partial charge is 0.331 e. The Balaban J connectivity index is 1.78. The molecule has 0 aromatic heterocycles. The third-order valence-electron chi connectivity index (χ3n) is 5.62. The molecule has 3 aromatic rings. The van der Waals surface area contributed by atoms with Gasteiger partial charge in [0.1, 0.15) is 5.71 Å². The summed E-state index contributed by atoms with van der Waals surface area (Å²) in [7, 11) is 0. The summed E-state index contributed by atoms with van der Waals surface area (Å²) < 4.78 is 0. The van der Waals surface area contributed by atoms with Crippen molar-refractivity contribution >= 4 is 28.9 Å². The Labute approximate surface area is 193 Å². The third kappa shape index (κ3) is 4.53. The van der Waals surface area contributed by atoms with Gasteiger partial charge in [0.15, 0.2) is 0 Å². The highest BCUT2D eigenvalue weighted by Crippen LogP contribution is 2.38. The maximum atomic E-state index is 12.9. The quantitative estimate of drug-likeness (QED) is 0.164. The standard InChI is InChI=1S/C28H26N2O3/c1-17(30-33-18(2)31)27(32)19-10-15-23-22-8-6-7-9-24(22)26(25(23)16-19)29-21-13-11-20(12-14-21)28(3,4)5/h6-16H,1-5H3/b29-26-,30-17-. The summed E-state index contributed by atoms with van der Waals surface area (Å²) in [5, 5.41) is 3.64. The number of rotatable bonds is 4. The fraction of sp³-hybridized carbons (Fsp3) is 0.214. The van der Waals surface area contributed by atoms with E-state index in [1.54, 1.807) is 6.07 Å². The highest BCUT2D eigenvalue weighted by Gasteiger charge is 2.26. The molecule has 0 spiro atoms. The molecule has 0 unspecified atom stereocenters. The molecule has 0 radical (unpaired) electrons. The second-order valence-corrected chi connectivity index (χ2v) is 9.15. The van der Waals surface area contributed by atoms with Gasteiger partial charge in [0, 0.05) is 23.6 Å². The van der Waals surface area contributed by atoms with Crippen molar-refractivity contribution in [1.82, 2.24) is 0 Å². The van der Waals surface area contributed by atoms with E-state index < -0.39 is 5.97 Å². The Bertz CT molecular complexity index is 1310. The maximum absolute atomic E-state index is 12.9. The molecule has 0 saturated carbocycles. The first-order chi connectivity index (χ1) is 15.6. The molecule has 5 nitrogen and oxygen atoms in total. The number of ketones is 1. The second-order valence-electron chi connectivity index (χ2n) is 9.15. The summed E-state index contributed by atoms with van der Waals surface area (Å²) in [6.45, 7) is 9.32. The highest BCUT2D eigenvalue weighted by molar-refractivity contribution is 6.45. The van der Waals surface area contributed by atoms with Gasteiger partial charge in [-0.2, -0.15) is 0 Å². The van der Waals surface area contributed by atoms with Crippen LogP contribution in [0.3, 0.4) is 0 Å². The Morgan fingerprint density at radius 2 is 1.42 bits per heavy atom. The molecule has 0 aliphatic heterocycles. The van der Waals surface area contributed by atoms with Gasteiger partial charge < -0.3 is 4.84 Å². The molecule has 0 N–H and O–H groups in total. The van der Waals surface area contributed by atoms with E-state index in [4.69, 9.17) is 4.99 Å². The first-order valence-electron chi connectivity index (χ1n) is 10.9. The van der Waals surface area contributed by atoms with E-state index in [1.807, 2.05) is 42.5 Å². The minimum absolute atomic E-state index is 0.0685. The van der Waals surface area contributed by atoms with Gasteiger partial charge in [-0.05, 0) is 47.2 Å². The molecule has 0 fully saturated rings. The van der Waals surface area contributed by atoms with Gasteiger partial charge in [-0.15, -0.1) is 0 Å². The maximum Gasteiger partial charge on any atom is 0.331 e. The van der Waals surface area contributed by atoms with Gasteiger partial charge in [0.25, 0.3) is 0 Å². The number of carbonyl (C=O) groups excluding carboxylic acids is 2. The minimum Gasteiger partial charge on any atom is -0.318 e. The molecular formula is C28H26N2O3. The summed E-state index contributed by atoms with van der Waals surface area (Å²) in [6, 6.07) is 21.9. The summed E-state index contributed by atoms with van der Waals surface area (Å²) in [6.07, 6.45) is 0. The lowest BCUT2D eigenvalue weighted by Gasteiger charge is -2.18. The van der Waals surface area contributed by atoms with Gasteiger partial charge >= 0.3 is 5.97 Å². The molecule has 0 saturated heterocycles. The smallest absolute Gasteiger partial charge is 0.318 e. The first-order valence-corrected chi connectivity index (χ1v) is 10.9. The van der Waals surface area contributed by atoms with Crippen LogP contribution in [0.5, 0.6) is 0 Å². The van der Waals surface area contributed by atoms with Crippen molar-refractivity contribution in [1.29, 1.82) is 0 Å². The number of oxime groups is 1. The van der Waals surface area contributed by atoms with Gasteiger partial charge in [-0.25, -0.2) is 9.79 Å². The number of aliphatic imine (C=N–C) groups is 1. The van der Waals surface area contributed by atoms with Crippen LogP contribution in [0, 0.1) is 0 Å². The number of benzene rings is 3. The molecule has 33 heavy (non-hydrogen) atoms. The van der Waals surface area contributed by atoms with E-state index in [0.29, 0.717) is 5.56 Å². The molecule has 1 aliphatic carbocycles. The minimum atomic E-state index is -0.571. The number of nitrogens with zero attached hydrogens (tertiary/aromatic N) is 2. The predicted molar refractivity (Wildman–Crippen MR) is 132 cm³/mol. The molecule has 0 amide bonds. The normalized spacial score (nSPS) is 14.1. The fourth-order valence-electron chi connectivity index (χ4n) is 3.85. The Morgan fingerprint density at radius 1 is 0.788 bits per heavy atom. The van der Waals surface area contributed by atoms with E-state index in [2.05, 4.69) is 49.0 Å². The number of hydrogen-bond acceptors (Lipinski definition) is 5. The van der Waals surface area contributed by atoms with Crippen LogP contribution in [0.15, 0.2) is 76.9 Å². The number of fused-ring (bicyclic) bond motifs is 3. The monoisotopic (exact) mass is 438 g/mol. The molecule has 0 atom stereocenters. The van der Waals surface area contributed by atoms with Crippen LogP contribution >= 0.6 is 0 Å². The van der Waals surface area contributed by atoms with Gasteiger partial charge in [0.05, 0.1) is 11.4 Å². The molecule has 3 aromatic carbocycles. The van der Waals surface area contributed by atoms with Crippen molar-refractivity contribution in [2.75, 3.05) is 0 Å². The van der Waals surface area contributed by atoms with Crippen LogP contribution in [0.1, 0.15) is 61.7 Å². The fourth-order valence-corrected chi connectivity index (χ4v) is 3.85. The SMILES string of the molecule is CC(=O)O/N=C(/C)C(=O)c1ccc2c(c1)/C(=N\c1ccc(C(C)(C)C)cc1)c1ccccc1-2. The number of carbonyl (C=O) groups is 2. The zero-order chi connectivity index (χ0) is 23.8. The van der Waals surface area contributed by atoms with E-state index in [0.717, 1.165) is 33.7 Å². The molecule has 4 rings (SSSR count). The van der Waals surface area contributed by atoms with Gasteiger partial charge in [-0.1, -0.05) is 74.5 Å². The molecule has 0 heterocycles. The predicted octanol–water partition coefficient (Wildman–Crippen LogP) is 6.26. The van der Waals surface area contributed by atoms with Crippen LogP contribution < -0.4 is 0 Å². The van der Waals surface area contributed by atoms with Crippen molar-refractivity contribution < 1.29 is 14.4 Å². The van der Waals surface area contributed by atoms with E-state index in [-0.39, 0.29) is 16.9 Å². The van der Waals surface area contributed by atoms with Crippen LogP contribution in [-0.2, 0) is 15.0 Å². The average Bonchev–Trinajstić information content (AvgIpc) is 3.09. The van der Waals surface area contributed by atoms with Crippen LogP contribution in [0.4, 0.5) is 5.69 Å². The Kier molecular flexibility index (Phi) is 5.81. The van der Waals surface area contributed by atoms with E-state index in [1.165, 1.54) is 19.4 Å². The second kappa shape index (κ2) is 8.58. The van der Waals surface area contributed by atoms with Crippen molar-refractivity contribution in [2.45, 2.75) is 40.0 Å². The van der Waals surface area contributed by atoms with Crippen molar-refractivity contribution in [3.05, 3.63) is 89.0 Å². The molecule has 0 bridgehead atoms. The Hall–Kier alpha value is -3.86. The zero-order valence-corrected chi connectivity index (χ0v) is 19.5. The lowest BCUT2D eigenvalue weighted by molar-refractivity contribution is -0.140. The summed E-state index contributed by atoms with van der Waals surface area (Å²) in [5.74, 6) is -0.873. The lowest BCUT2D eigenvalue weighted by Crippen LogP contribution is -2.12. The average molecular weight is 439 g/mol. The zero-order valence-electron chi connectivity index (χ0n) is 19.5. The third-order valence-corrected chi connectivity index (χ3v) is 5.62. The molecule has 5 heteroatoms. The molecule has 1 aliphatic rings. The summed E-state index contributed by atoms with van der Waals surface area (Å²) in [5.41, 5.74) is 7.60. The summed E-state index contributed by atoms with van der Waals surface area (Å²) in [4.78, 5) is 33.5. The van der Waals surface area contributed by atoms with Crippen molar-refractivity contribution in [2.24, 2.45) is 10.1 Å². The molecular weight excluding hydrogens is 412 g/mol. The van der Waals surface area contributed by atoms with Crippen LogP contribution in [-0.4, -0.2) is 23.2 Å². The van der Waals surface area contributed by atoms with Crippen LogP contribution in [0.25, 0.3) is 11.1 Å². The lowest BCUT2D eigenvalue weighted by atomic mass is 9.87. The number of Topliss-reactive ketones (excluding diaryl/α,β-unsaturated/α-hetero) is 1. The summed E-state index contributed by atoms with van der Waals surface area (Å²) >= 11 is 0.